The third-order valence-corrected chi connectivity index (χ3v) is 5.23. The molecule has 0 radical (unpaired) electrons. The molecule has 1 heterocycles. The van der Waals surface area contributed by atoms with Gasteiger partial charge in [-0.2, -0.15) is 0 Å². The second kappa shape index (κ2) is 5.71. The maximum Gasteiger partial charge on any atom is 0.00953 e. The molecular weight excluding hydrogens is 208 g/mol. The average molecular weight is 238 g/mol. The minimum atomic E-state index is 0.454. The Morgan fingerprint density at radius 3 is 2.35 bits per heavy atom. The largest absolute Gasteiger partial charge is 0.330 e. The molecule has 100 valence electrons. The van der Waals surface area contributed by atoms with Gasteiger partial charge in [0, 0.05) is 12.6 Å². The van der Waals surface area contributed by atoms with Crippen LogP contribution in [0.1, 0.15) is 58.8 Å². The molecule has 2 nitrogen and oxygen atoms in total. The van der Waals surface area contributed by atoms with Gasteiger partial charge in [0.1, 0.15) is 0 Å². The second-order valence-corrected chi connectivity index (χ2v) is 6.81. The molecule has 0 aromatic carbocycles. The van der Waals surface area contributed by atoms with Gasteiger partial charge in [0.25, 0.3) is 0 Å². The zero-order valence-corrected chi connectivity index (χ0v) is 11.8. The molecule has 0 bridgehead atoms. The Morgan fingerprint density at radius 1 is 1.12 bits per heavy atom. The van der Waals surface area contributed by atoms with Gasteiger partial charge >= 0.3 is 0 Å². The highest BCUT2D eigenvalue weighted by Gasteiger charge is 2.36. The zero-order chi connectivity index (χ0) is 12.3. The van der Waals surface area contributed by atoms with Crippen LogP contribution < -0.4 is 5.73 Å². The van der Waals surface area contributed by atoms with Crippen molar-refractivity contribution in [2.24, 2.45) is 17.1 Å². The average Bonchev–Trinajstić information content (AvgIpc) is 2.57. The van der Waals surface area contributed by atoms with E-state index in [1.54, 1.807) is 0 Å². The van der Waals surface area contributed by atoms with Crippen molar-refractivity contribution in [3.8, 4) is 0 Å². The summed E-state index contributed by atoms with van der Waals surface area (Å²) in [5, 5.41) is 0. The van der Waals surface area contributed by atoms with Gasteiger partial charge in [0.05, 0.1) is 0 Å². The van der Waals surface area contributed by atoms with Crippen molar-refractivity contribution in [3.63, 3.8) is 0 Å². The molecule has 2 heteroatoms. The molecule has 1 saturated carbocycles. The van der Waals surface area contributed by atoms with E-state index in [9.17, 15) is 0 Å². The molecule has 2 N–H and O–H groups in total. The highest BCUT2D eigenvalue weighted by Crippen LogP contribution is 2.37. The lowest BCUT2D eigenvalue weighted by atomic mass is 9.73. The molecular formula is C15H30N2. The van der Waals surface area contributed by atoms with Crippen molar-refractivity contribution in [3.05, 3.63) is 0 Å². The minimum Gasteiger partial charge on any atom is -0.330 e. The maximum absolute atomic E-state index is 5.97. The van der Waals surface area contributed by atoms with E-state index in [2.05, 4.69) is 18.7 Å². The predicted octanol–water partition coefficient (Wildman–Crippen LogP) is 3.02. The molecule has 2 rings (SSSR count). The highest BCUT2D eigenvalue weighted by molar-refractivity contribution is 4.90. The molecule has 1 aliphatic carbocycles. The van der Waals surface area contributed by atoms with Crippen molar-refractivity contribution in [2.75, 3.05) is 19.6 Å². The van der Waals surface area contributed by atoms with Gasteiger partial charge in [-0.25, -0.2) is 0 Å². The van der Waals surface area contributed by atoms with Gasteiger partial charge < -0.3 is 10.6 Å². The summed E-state index contributed by atoms with van der Waals surface area (Å²) in [6.45, 7) is 8.20. The topological polar surface area (TPSA) is 29.3 Å². The third-order valence-electron chi connectivity index (χ3n) is 5.23. The van der Waals surface area contributed by atoms with E-state index >= 15 is 0 Å². The van der Waals surface area contributed by atoms with Crippen LogP contribution in [0.15, 0.2) is 0 Å². The first-order valence-electron chi connectivity index (χ1n) is 7.57. The van der Waals surface area contributed by atoms with Crippen LogP contribution >= 0.6 is 0 Å². The van der Waals surface area contributed by atoms with Gasteiger partial charge in [-0.1, -0.05) is 39.5 Å². The summed E-state index contributed by atoms with van der Waals surface area (Å²) in [5.74, 6) is 0.694. The number of hydrogen-bond donors (Lipinski definition) is 1. The summed E-state index contributed by atoms with van der Waals surface area (Å²) in [4.78, 5) is 2.76. The highest BCUT2D eigenvalue weighted by atomic mass is 15.2. The monoisotopic (exact) mass is 238 g/mol. The lowest BCUT2D eigenvalue weighted by Gasteiger charge is -2.46. The molecule has 2 fully saturated rings. The minimum absolute atomic E-state index is 0.454. The fraction of sp³-hybridized carbons (Fsp3) is 1.00. The first-order chi connectivity index (χ1) is 8.13. The van der Waals surface area contributed by atoms with E-state index in [0.29, 0.717) is 11.3 Å². The first-order valence-corrected chi connectivity index (χ1v) is 7.57. The van der Waals surface area contributed by atoms with Crippen LogP contribution in [0.3, 0.4) is 0 Å². The van der Waals surface area contributed by atoms with Gasteiger partial charge in [0.15, 0.2) is 0 Å². The van der Waals surface area contributed by atoms with Gasteiger partial charge in [-0.05, 0) is 43.7 Å². The first kappa shape index (κ1) is 13.4. The van der Waals surface area contributed by atoms with E-state index in [1.165, 1.54) is 58.0 Å². The SMILES string of the molecule is CC1(C)CCN(C2CCCCCC2)CC1CN. The molecule has 0 spiro atoms. The molecule has 0 aromatic rings. The summed E-state index contributed by atoms with van der Waals surface area (Å²) in [7, 11) is 0. The molecule has 1 atom stereocenters. The van der Waals surface area contributed by atoms with E-state index in [0.717, 1.165) is 12.6 Å². The van der Waals surface area contributed by atoms with Crippen LogP contribution in [0, 0.1) is 11.3 Å². The van der Waals surface area contributed by atoms with Crippen LogP contribution in [0.4, 0.5) is 0 Å². The van der Waals surface area contributed by atoms with E-state index in [1.807, 2.05) is 0 Å². The molecule has 1 unspecified atom stereocenters. The Morgan fingerprint density at radius 2 is 1.76 bits per heavy atom. The smallest absolute Gasteiger partial charge is 0.00953 e. The van der Waals surface area contributed by atoms with E-state index in [4.69, 9.17) is 5.73 Å². The van der Waals surface area contributed by atoms with Crippen molar-refractivity contribution in [1.29, 1.82) is 0 Å². The number of piperidine rings is 1. The van der Waals surface area contributed by atoms with Crippen LogP contribution in [0.5, 0.6) is 0 Å². The van der Waals surface area contributed by atoms with Crippen molar-refractivity contribution >= 4 is 0 Å². The number of rotatable bonds is 2. The molecule has 1 aliphatic heterocycles. The summed E-state index contributed by atoms with van der Waals surface area (Å²) in [6.07, 6.45) is 9.98. The van der Waals surface area contributed by atoms with Gasteiger partial charge in [-0.15, -0.1) is 0 Å². The third kappa shape index (κ3) is 3.23. The maximum atomic E-state index is 5.97. The molecule has 17 heavy (non-hydrogen) atoms. The molecule has 0 amide bonds. The van der Waals surface area contributed by atoms with Crippen molar-refractivity contribution in [1.82, 2.24) is 4.90 Å². The van der Waals surface area contributed by atoms with Gasteiger partial charge in [0.2, 0.25) is 0 Å². The lowest BCUT2D eigenvalue weighted by molar-refractivity contribution is 0.0335. The predicted molar refractivity (Wildman–Crippen MR) is 74.0 cm³/mol. The quantitative estimate of drug-likeness (QED) is 0.749. The van der Waals surface area contributed by atoms with Crippen LogP contribution in [-0.4, -0.2) is 30.6 Å². The summed E-state index contributed by atoms with van der Waals surface area (Å²) >= 11 is 0. The van der Waals surface area contributed by atoms with E-state index < -0.39 is 0 Å². The Hall–Kier alpha value is -0.0800. The fourth-order valence-corrected chi connectivity index (χ4v) is 3.61. The summed E-state index contributed by atoms with van der Waals surface area (Å²) < 4.78 is 0. The summed E-state index contributed by atoms with van der Waals surface area (Å²) in [6, 6.07) is 0.864. The molecule has 0 aromatic heterocycles. The van der Waals surface area contributed by atoms with Crippen LogP contribution in [0.25, 0.3) is 0 Å². The number of nitrogens with two attached hydrogens (primary N) is 1. The van der Waals surface area contributed by atoms with Crippen LogP contribution in [0.2, 0.25) is 0 Å². The fourth-order valence-electron chi connectivity index (χ4n) is 3.61. The Balaban J connectivity index is 1.94. The van der Waals surface area contributed by atoms with E-state index in [-0.39, 0.29) is 0 Å². The Labute approximate surface area is 107 Å². The molecule has 2 aliphatic rings. The van der Waals surface area contributed by atoms with Gasteiger partial charge in [-0.3, -0.25) is 0 Å². The number of likely N-dealkylation sites (tertiary alicyclic amines) is 1. The standard InChI is InChI=1S/C15H30N2/c1-15(2)9-10-17(12-13(15)11-16)14-7-5-3-4-6-8-14/h13-14H,3-12,16H2,1-2H3. The second-order valence-electron chi connectivity index (χ2n) is 6.81. The lowest BCUT2D eigenvalue weighted by Crippen LogP contribution is -2.51. The van der Waals surface area contributed by atoms with Crippen LogP contribution in [-0.2, 0) is 0 Å². The Kier molecular flexibility index (Phi) is 4.48. The molecule has 1 saturated heterocycles. The van der Waals surface area contributed by atoms with Crippen molar-refractivity contribution in [2.45, 2.75) is 64.8 Å². The Bertz CT molecular complexity index is 229. The number of nitrogens with zero attached hydrogens (tertiary/aromatic N) is 1. The normalized spacial score (nSPS) is 32.3. The summed E-state index contributed by atoms with van der Waals surface area (Å²) in [5.41, 5.74) is 6.43. The zero-order valence-electron chi connectivity index (χ0n) is 11.8. The number of hydrogen-bond acceptors (Lipinski definition) is 2. The van der Waals surface area contributed by atoms with Crippen molar-refractivity contribution < 1.29 is 0 Å².